The first-order chi connectivity index (χ1) is 5.46. The monoisotopic (exact) mass is 193 g/mol. The Morgan fingerprint density at radius 3 is 2.75 bits per heavy atom. The summed E-state index contributed by atoms with van der Waals surface area (Å²) in [5.74, 6) is -1.18. The molecule has 0 spiro atoms. The number of nitrogens with two attached hydrogens (primary N) is 1. The fraction of sp³-hybridized carbons (Fsp3) is 0.571. The van der Waals surface area contributed by atoms with Crippen LogP contribution in [0.1, 0.15) is 13.3 Å². The summed E-state index contributed by atoms with van der Waals surface area (Å²) >= 11 is 0.0933. The maximum atomic E-state index is 12.0. The molecule has 3 nitrogen and oxygen atoms in total. The number of carbonyl (C=O) groups is 1. The van der Waals surface area contributed by atoms with Crippen molar-refractivity contribution in [2.45, 2.75) is 24.1 Å². The largest absolute Gasteiger partial charge is 0.480 e. The van der Waals surface area contributed by atoms with Gasteiger partial charge in [0.1, 0.15) is 5.54 Å². The minimum absolute atomic E-state index is 0.0347. The van der Waals surface area contributed by atoms with Crippen LogP contribution in [0.25, 0.3) is 0 Å². The Balaban J connectivity index is 4.34. The molecule has 0 radical (unpaired) electrons. The van der Waals surface area contributed by atoms with Crippen molar-refractivity contribution in [3.8, 4) is 0 Å². The summed E-state index contributed by atoms with van der Waals surface area (Å²) in [7, 11) is 0. The molecule has 2 atom stereocenters. The molecule has 0 aromatic rings. The summed E-state index contributed by atoms with van der Waals surface area (Å²) in [4.78, 5) is 10.6. The van der Waals surface area contributed by atoms with Crippen LogP contribution in [0.5, 0.6) is 0 Å². The first-order valence-corrected chi connectivity index (χ1v) is 4.17. The third kappa shape index (κ3) is 2.83. The standard InChI is InChI=1S/C7H12FNO2S/c1-3-7(9,6(10)11)4-5(2)12-8/h3,5H,1,4,9H2,2H3,(H,10,11). The molecular weight excluding hydrogens is 181 g/mol. The Morgan fingerprint density at radius 1 is 2.00 bits per heavy atom. The summed E-state index contributed by atoms with van der Waals surface area (Å²) in [5, 5.41) is 8.21. The van der Waals surface area contributed by atoms with Gasteiger partial charge < -0.3 is 10.8 Å². The molecule has 0 aliphatic carbocycles. The number of aliphatic carboxylic acids is 1. The van der Waals surface area contributed by atoms with Crippen LogP contribution in [-0.2, 0) is 4.79 Å². The van der Waals surface area contributed by atoms with E-state index in [1.54, 1.807) is 6.92 Å². The van der Waals surface area contributed by atoms with E-state index in [0.29, 0.717) is 0 Å². The van der Waals surface area contributed by atoms with Crippen molar-refractivity contribution in [3.63, 3.8) is 0 Å². The number of hydrogen-bond donors (Lipinski definition) is 2. The van der Waals surface area contributed by atoms with Crippen LogP contribution in [0, 0.1) is 0 Å². The molecule has 0 heterocycles. The Bertz CT molecular complexity index is 188. The SMILES string of the molecule is C=CC(N)(CC(C)SF)C(=O)O. The summed E-state index contributed by atoms with van der Waals surface area (Å²) in [6.45, 7) is 4.87. The summed E-state index contributed by atoms with van der Waals surface area (Å²) in [6.07, 6.45) is 1.16. The molecule has 2 unspecified atom stereocenters. The van der Waals surface area contributed by atoms with Gasteiger partial charge in [-0.1, -0.05) is 13.0 Å². The minimum Gasteiger partial charge on any atom is -0.480 e. The quantitative estimate of drug-likeness (QED) is 0.647. The molecule has 0 aromatic heterocycles. The van der Waals surface area contributed by atoms with Gasteiger partial charge in [0.15, 0.2) is 0 Å². The van der Waals surface area contributed by atoms with E-state index in [2.05, 4.69) is 6.58 Å². The van der Waals surface area contributed by atoms with Gasteiger partial charge in [0.2, 0.25) is 0 Å². The highest BCUT2D eigenvalue weighted by Gasteiger charge is 2.32. The lowest BCUT2D eigenvalue weighted by molar-refractivity contribution is -0.141. The van der Waals surface area contributed by atoms with Gasteiger partial charge in [-0.05, 0) is 6.42 Å². The van der Waals surface area contributed by atoms with Crippen LogP contribution in [-0.4, -0.2) is 21.9 Å². The van der Waals surface area contributed by atoms with Crippen molar-refractivity contribution in [3.05, 3.63) is 12.7 Å². The molecule has 0 saturated carbocycles. The fourth-order valence-corrected chi connectivity index (χ4v) is 1.10. The van der Waals surface area contributed by atoms with E-state index >= 15 is 0 Å². The third-order valence-corrected chi connectivity index (χ3v) is 2.01. The first kappa shape index (κ1) is 11.4. The van der Waals surface area contributed by atoms with E-state index in [9.17, 15) is 8.68 Å². The van der Waals surface area contributed by atoms with Crippen LogP contribution in [0.2, 0.25) is 0 Å². The molecule has 3 N–H and O–H groups in total. The lowest BCUT2D eigenvalue weighted by Gasteiger charge is -2.21. The fourth-order valence-electron chi connectivity index (χ4n) is 0.765. The van der Waals surface area contributed by atoms with E-state index in [4.69, 9.17) is 10.8 Å². The van der Waals surface area contributed by atoms with E-state index in [-0.39, 0.29) is 18.6 Å². The highest BCUT2D eigenvalue weighted by Crippen LogP contribution is 2.21. The van der Waals surface area contributed by atoms with Crippen molar-refractivity contribution in [1.82, 2.24) is 0 Å². The molecular formula is C7H12FNO2S. The van der Waals surface area contributed by atoms with Crippen molar-refractivity contribution < 1.29 is 13.8 Å². The number of rotatable bonds is 5. The number of carboxylic acid groups (broad SMARTS) is 1. The van der Waals surface area contributed by atoms with E-state index in [0.717, 1.165) is 6.08 Å². The average Bonchev–Trinajstić information content (AvgIpc) is 2.03. The molecule has 0 aromatic carbocycles. The maximum Gasteiger partial charge on any atom is 0.327 e. The van der Waals surface area contributed by atoms with Gasteiger partial charge in [-0.3, -0.25) is 0 Å². The summed E-state index contributed by atoms with van der Waals surface area (Å²) in [5.41, 5.74) is 3.90. The van der Waals surface area contributed by atoms with Crippen LogP contribution in [0.4, 0.5) is 3.89 Å². The van der Waals surface area contributed by atoms with Crippen molar-refractivity contribution in [2.75, 3.05) is 0 Å². The Morgan fingerprint density at radius 2 is 2.50 bits per heavy atom. The van der Waals surface area contributed by atoms with Gasteiger partial charge >= 0.3 is 5.97 Å². The van der Waals surface area contributed by atoms with Gasteiger partial charge in [-0.25, -0.2) is 4.79 Å². The van der Waals surface area contributed by atoms with E-state index in [1.807, 2.05) is 0 Å². The molecule has 0 saturated heterocycles. The lowest BCUT2D eigenvalue weighted by Crippen LogP contribution is -2.47. The molecule has 0 bridgehead atoms. The zero-order valence-corrected chi connectivity index (χ0v) is 7.60. The highest BCUT2D eigenvalue weighted by molar-refractivity contribution is 7.94. The van der Waals surface area contributed by atoms with Crippen molar-refractivity contribution >= 4 is 18.1 Å². The molecule has 0 aliphatic rings. The molecule has 0 rings (SSSR count). The smallest absolute Gasteiger partial charge is 0.327 e. The zero-order valence-electron chi connectivity index (χ0n) is 6.79. The third-order valence-electron chi connectivity index (χ3n) is 1.54. The van der Waals surface area contributed by atoms with Gasteiger partial charge in [0.25, 0.3) is 0 Å². The number of hydrogen-bond acceptors (Lipinski definition) is 3. The number of carboxylic acids is 1. The summed E-state index contributed by atoms with van der Waals surface area (Å²) in [6, 6.07) is 0. The Hall–Kier alpha value is -0.550. The average molecular weight is 193 g/mol. The minimum atomic E-state index is -1.52. The first-order valence-electron chi connectivity index (χ1n) is 3.39. The van der Waals surface area contributed by atoms with Crippen LogP contribution < -0.4 is 5.73 Å². The van der Waals surface area contributed by atoms with Gasteiger partial charge in [-0.15, -0.1) is 6.58 Å². The van der Waals surface area contributed by atoms with Crippen molar-refractivity contribution in [2.24, 2.45) is 5.73 Å². The predicted molar refractivity (Wildman–Crippen MR) is 47.5 cm³/mol. The van der Waals surface area contributed by atoms with Crippen LogP contribution in [0.15, 0.2) is 12.7 Å². The molecule has 12 heavy (non-hydrogen) atoms. The second kappa shape index (κ2) is 4.47. The topological polar surface area (TPSA) is 63.3 Å². The van der Waals surface area contributed by atoms with Crippen molar-refractivity contribution in [1.29, 1.82) is 0 Å². The molecule has 5 heteroatoms. The van der Waals surface area contributed by atoms with E-state index < -0.39 is 16.8 Å². The Kier molecular flexibility index (Phi) is 4.26. The lowest BCUT2D eigenvalue weighted by atomic mass is 9.95. The van der Waals surface area contributed by atoms with Gasteiger partial charge in [0, 0.05) is 17.4 Å². The maximum absolute atomic E-state index is 12.0. The molecule has 70 valence electrons. The summed E-state index contributed by atoms with van der Waals surface area (Å²) < 4.78 is 12.0. The zero-order chi connectivity index (χ0) is 9.78. The highest BCUT2D eigenvalue weighted by atomic mass is 32.2. The van der Waals surface area contributed by atoms with Gasteiger partial charge in [-0.2, -0.15) is 3.89 Å². The second-order valence-corrected chi connectivity index (χ2v) is 3.64. The molecule has 0 aliphatic heterocycles. The predicted octanol–water partition coefficient (Wildman–Crippen LogP) is 1.35. The molecule has 0 fully saturated rings. The Labute approximate surface area is 75.1 Å². The van der Waals surface area contributed by atoms with Gasteiger partial charge in [0.05, 0.1) is 0 Å². The van der Waals surface area contributed by atoms with E-state index in [1.165, 1.54) is 0 Å². The second-order valence-electron chi connectivity index (χ2n) is 2.65. The normalized spacial score (nSPS) is 17.9. The molecule has 0 amide bonds. The van der Waals surface area contributed by atoms with Crippen LogP contribution >= 0.6 is 12.1 Å². The van der Waals surface area contributed by atoms with Crippen LogP contribution in [0.3, 0.4) is 0 Å². The number of halogens is 1.